The normalized spacial score (nSPS) is 16.9. The van der Waals surface area contributed by atoms with Gasteiger partial charge >= 0.3 is 0 Å². The molecule has 0 saturated carbocycles. The maximum atomic E-state index is 6.12. The van der Waals surface area contributed by atoms with E-state index in [1.165, 1.54) is 0 Å². The molecule has 2 heteroatoms. The van der Waals surface area contributed by atoms with Gasteiger partial charge in [-0.1, -0.05) is 25.8 Å². The fourth-order valence-electron chi connectivity index (χ4n) is 0.908. The van der Waals surface area contributed by atoms with Crippen LogP contribution in [-0.2, 0) is 4.74 Å². The van der Waals surface area contributed by atoms with Crippen molar-refractivity contribution in [1.29, 1.82) is 0 Å². The molecular formula is C12H26OS. The number of ether oxygens (including phenoxy) is 1. The summed E-state index contributed by atoms with van der Waals surface area (Å²) in [6, 6.07) is 0. The summed E-state index contributed by atoms with van der Waals surface area (Å²) in [5.41, 5.74) is 0. The smallest absolute Gasteiger partial charge is 0.0958 e. The number of hydrogen-bond acceptors (Lipinski definition) is 1. The standard InChI is InChI=1S/C12H26OS/c1-9-14(7,8)12(5,6)13-11(4)10(2)3/h9-11H,1H2,2-8H3. The zero-order valence-electron chi connectivity index (χ0n) is 10.8. The molecule has 14 heavy (non-hydrogen) atoms. The monoisotopic (exact) mass is 218 g/mol. The minimum absolute atomic E-state index is 0.0849. The van der Waals surface area contributed by atoms with Gasteiger partial charge in [0.25, 0.3) is 0 Å². The lowest BCUT2D eigenvalue weighted by Gasteiger charge is -2.46. The van der Waals surface area contributed by atoms with Crippen LogP contribution in [0.5, 0.6) is 0 Å². The van der Waals surface area contributed by atoms with Crippen LogP contribution in [0, 0.1) is 5.92 Å². The summed E-state index contributed by atoms with van der Waals surface area (Å²) in [6.45, 7) is 14.8. The van der Waals surface area contributed by atoms with Crippen LogP contribution in [0.4, 0.5) is 0 Å². The van der Waals surface area contributed by atoms with Gasteiger partial charge in [0.05, 0.1) is 11.0 Å². The molecule has 0 saturated heterocycles. The van der Waals surface area contributed by atoms with Crippen molar-refractivity contribution < 1.29 is 4.74 Å². The maximum absolute atomic E-state index is 6.12. The van der Waals surface area contributed by atoms with E-state index in [0.717, 1.165) is 0 Å². The fraction of sp³-hybridized carbons (Fsp3) is 0.833. The molecule has 1 nitrogen and oxygen atoms in total. The van der Waals surface area contributed by atoms with Crippen LogP contribution in [0.3, 0.4) is 0 Å². The van der Waals surface area contributed by atoms with Crippen molar-refractivity contribution in [3.8, 4) is 0 Å². The second-order valence-corrected chi connectivity index (χ2v) is 9.17. The van der Waals surface area contributed by atoms with E-state index in [1.807, 2.05) is 0 Å². The van der Waals surface area contributed by atoms with Crippen LogP contribution in [0.1, 0.15) is 34.6 Å². The van der Waals surface area contributed by atoms with E-state index in [0.29, 0.717) is 12.0 Å². The zero-order valence-corrected chi connectivity index (χ0v) is 11.6. The van der Waals surface area contributed by atoms with Gasteiger partial charge in [-0.3, -0.25) is 0 Å². The van der Waals surface area contributed by atoms with Gasteiger partial charge in [0, 0.05) is 0 Å². The van der Waals surface area contributed by atoms with Crippen molar-refractivity contribution in [2.24, 2.45) is 5.92 Å². The Morgan fingerprint density at radius 2 is 1.64 bits per heavy atom. The molecule has 0 bridgehead atoms. The second-order valence-electron chi connectivity index (χ2n) is 5.04. The van der Waals surface area contributed by atoms with Gasteiger partial charge in [0.15, 0.2) is 0 Å². The molecule has 86 valence electrons. The van der Waals surface area contributed by atoms with Gasteiger partial charge in [-0.15, -0.1) is 0 Å². The number of rotatable bonds is 5. The zero-order chi connectivity index (χ0) is 11.6. The Morgan fingerprint density at radius 1 is 1.21 bits per heavy atom. The van der Waals surface area contributed by atoms with E-state index in [2.05, 4.69) is 59.1 Å². The lowest BCUT2D eigenvalue weighted by atomic mass is 10.1. The first kappa shape index (κ1) is 14.1. The Morgan fingerprint density at radius 3 is 1.93 bits per heavy atom. The third-order valence-electron chi connectivity index (χ3n) is 3.09. The van der Waals surface area contributed by atoms with Gasteiger partial charge in [-0.25, -0.2) is 0 Å². The van der Waals surface area contributed by atoms with Crippen molar-refractivity contribution in [1.82, 2.24) is 0 Å². The molecule has 0 heterocycles. The van der Waals surface area contributed by atoms with Crippen molar-refractivity contribution >= 4 is 10.0 Å². The van der Waals surface area contributed by atoms with Crippen molar-refractivity contribution in [2.45, 2.75) is 45.7 Å². The van der Waals surface area contributed by atoms with Gasteiger partial charge in [-0.05, 0) is 39.2 Å². The lowest BCUT2D eigenvalue weighted by Crippen LogP contribution is -2.35. The molecule has 0 aliphatic rings. The topological polar surface area (TPSA) is 9.23 Å². The first-order chi connectivity index (χ1) is 6.14. The van der Waals surface area contributed by atoms with E-state index in [1.54, 1.807) is 0 Å². The average Bonchev–Trinajstić information content (AvgIpc) is 2.03. The van der Waals surface area contributed by atoms with E-state index in [4.69, 9.17) is 4.74 Å². The van der Waals surface area contributed by atoms with Crippen molar-refractivity contribution in [2.75, 3.05) is 12.5 Å². The van der Waals surface area contributed by atoms with Crippen LogP contribution in [0.2, 0.25) is 0 Å². The summed E-state index contributed by atoms with van der Waals surface area (Å²) in [4.78, 5) is -0.0849. The molecule has 0 rings (SSSR count). The van der Waals surface area contributed by atoms with E-state index >= 15 is 0 Å². The molecule has 0 aliphatic carbocycles. The quantitative estimate of drug-likeness (QED) is 0.678. The average molecular weight is 218 g/mol. The summed E-state index contributed by atoms with van der Waals surface area (Å²) < 4.78 is 6.12. The Bertz CT molecular complexity index is 194. The van der Waals surface area contributed by atoms with Crippen LogP contribution in [-0.4, -0.2) is 23.5 Å². The van der Waals surface area contributed by atoms with Crippen molar-refractivity contribution in [3.05, 3.63) is 12.0 Å². The predicted octanol–water partition coefficient (Wildman–Crippen LogP) is 3.99. The maximum Gasteiger partial charge on any atom is 0.0958 e. The van der Waals surface area contributed by atoms with E-state index < -0.39 is 10.0 Å². The van der Waals surface area contributed by atoms with Gasteiger partial charge in [0.2, 0.25) is 0 Å². The summed E-state index contributed by atoms with van der Waals surface area (Å²) in [5.74, 6) is 0.564. The molecular weight excluding hydrogens is 192 g/mol. The highest BCUT2D eigenvalue weighted by Crippen LogP contribution is 2.55. The van der Waals surface area contributed by atoms with Crippen LogP contribution in [0.15, 0.2) is 12.0 Å². The molecule has 1 atom stereocenters. The largest absolute Gasteiger partial charge is 0.363 e. The third kappa shape index (κ3) is 3.32. The Labute approximate surface area is 91.2 Å². The summed E-state index contributed by atoms with van der Waals surface area (Å²) in [7, 11) is -0.885. The Hall–Kier alpha value is 0.0500. The molecule has 0 aromatic heterocycles. The molecule has 0 N–H and O–H groups in total. The van der Waals surface area contributed by atoms with Crippen LogP contribution < -0.4 is 0 Å². The fourth-order valence-corrected chi connectivity index (χ4v) is 1.71. The Kier molecular flexibility index (Phi) is 4.73. The van der Waals surface area contributed by atoms with Gasteiger partial charge < -0.3 is 4.74 Å². The molecule has 0 amide bonds. The molecule has 0 spiro atoms. The number of hydrogen-bond donors (Lipinski definition) is 0. The van der Waals surface area contributed by atoms with Crippen LogP contribution >= 0.6 is 10.0 Å². The summed E-state index contributed by atoms with van der Waals surface area (Å²) in [5, 5.41) is 2.06. The van der Waals surface area contributed by atoms with Gasteiger partial charge in [-0.2, -0.15) is 10.0 Å². The molecule has 1 unspecified atom stereocenters. The summed E-state index contributed by atoms with van der Waals surface area (Å²) in [6.07, 6.45) is 4.79. The van der Waals surface area contributed by atoms with Gasteiger partial charge in [0.1, 0.15) is 0 Å². The summed E-state index contributed by atoms with van der Waals surface area (Å²) >= 11 is 0. The minimum atomic E-state index is -0.885. The van der Waals surface area contributed by atoms with Crippen molar-refractivity contribution in [3.63, 3.8) is 0 Å². The Balaban J connectivity index is 4.56. The highest BCUT2D eigenvalue weighted by molar-refractivity contribution is 8.35. The lowest BCUT2D eigenvalue weighted by molar-refractivity contribution is -0.0288. The SMILES string of the molecule is C=CS(C)(C)C(C)(C)OC(C)C(C)C. The highest BCUT2D eigenvalue weighted by atomic mass is 32.3. The second kappa shape index (κ2) is 4.71. The molecule has 0 radical (unpaired) electrons. The molecule has 0 aromatic rings. The van der Waals surface area contributed by atoms with Crippen LogP contribution in [0.25, 0.3) is 0 Å². The molecule has 0 aromatic carbocycles. The minimum Gasteiger partial charge on any atom is -0.363 e. The first-order valence-corrected chi connectivity index (χ1v) is 7.68. The molecule has 0 fully saturated rings. The van der Waals surface area contributed by atoms with E-state index in [9.17, 15) is 0 Å². The van der Waals surface area contributed by atoms with E-state index in [-0.39, 0.29) is 4.93 Å². The first-order valence-electron chi connectivity index (χ1n) is 5.17. The molecule has 0 aliphatic heterocycles. The third-order valence-corrected chi connectivity index (χ3v) is 6.56. The highest BCUT2D eigenvalue weighted by Gasteiger charge is 2.33. The predicted molar refractivity (Wildman–Crippen MR) is 69.1 cm³/mol.